The Kier molecular flexibility index (Phi) is 19.5. The molecule has 9 nitrogen and oxygen atoms in total. The number of nitrogens with two attached hydrogens (primary N) is 1. The van der Waals surface area contributed by atoms with Crippen LogP contribution >= 0.6 is 0 Å². The van der Waals surface area contributed by atoms with Crippen molar-refractivity contribution in [1.29, 1.82) is 0 Å². The number of alkyl halides is 1. The average molecular weight is 662 g/mol. The van der Waals surface area contributed by atoms with Crippen molar-refractivity contribution in [1.82, 2.24) is 10.2 Å². The number of amides is 1. The number of carbonyl (C=O) groups excluding carboxylic acids is 2. The van der Waals surface area contributed by atoms with Crippen LogP contribution in [0.15, 0.2) is 34.7 Å². The monoisotopic (exact) mass is 661 g/mol. The SMILES string of the molecule is CC1C(C2CCCCC2)CCN1C.CNC=O.C[C@H]1CCCO1.NC(CF)C1CCC(C=O)CC1.O=C(O)c1cc2ccccc2o1. The quantitative estimate of drug-likeness (QED) is 0.286. The highest BCUT2D eigenvalue weighted by molar-refractivity contribution is 5.91. The predicted octanol–water partition coefficient (Wildman–Crippen LogP) is 6.87. The molecule has 2 aromatic rings. The molecule has 0 spiro atoms. The molecule has 47 heavy (non-hydrogen) atoms. The molecule has 0 bridgehead atoms. The van der Waals surface area contributed by atoms with Gasteiger partial charge in [-0.3, -0.25) is 4.79 Å². The molecule has 2 aliphatic heterocycles. The predicted molar refractivity (Wildman–Crippen MR) is 185 cm³/mol. The molecular formula is C37H60FN3O6. The number of carboxylic acids is 1. The van der Waals surface area contributed by atoms with E-state index in [1.807, 2.05) is 12.1 Å². The normalized spacial score (nSPS) is 26.5. The molecule has 266 valence electrons. The van der Waals surface area contributed by atoms with Gasteiger partial charge in [-0.15, -0.1) is 0 Å². The van der Waals surface area contributed by atoms with Crippen molar-refractivity contribution in [2.75, 3.05) is 33.9 Å². The van der Waals surface area contributed by atoms with Crippen molar-refractivity contribution >= 4 is 29.6 Å². The molecular weight excluding hydrogens is 601 g/mol. The van der Waals surface area contributed by atoms with Gasteiger partial charge in [0.15, 0.2) is 0 Å². The standard InChI is InChI=1S/C12H23N.C9H16FNO.C9H6O3.C5H10O.C2H5NO/c1-10-12(8-9-13(10)2)11-6-4-3-5-7-11;10-5-9(11)8-3-1-7(6-12)2-4-8;10-9(11)8-5-6-3-1-2-4-7(6)12-8;1-5-3-2-4-6-5;1-3-2-4/h10-12H,3-9H2,1-2H3;6-9H,1-5,11H2;1-5H,(H,10,11);5H,2-4H2,1H3;2H,1H3,(H,3,4)/t;;;5-;/m...0./s1. The van der Waals surface area contributed by atoms with Gasteiger partial charge in [0.1, 0.15) is 18.5 Å². The van der Waals surface area contributed by atoms with E-state index in [1.54, 1.807) is 19.2 Å². The van der Waals surface area contributed by atoms with Gasteiger partial charge in [-0.05, 0) is 102 Å². The van der Waals surface area contributed by atoms with Crippen LogP contribution in [0.3, 0.4) is 0 Å². The zero-order chi connectivity index (χ0) is 34.6. The highest BCUT2D eigenvalue weighted by atomic mass is 19.1. The summed E-state index contributed by atoms with van der Waals surface area (Å²) in [5, 5.41) is 11.7. The topological polar surface area (TPSA) is 135 Å². The third kappa shape index (κ3) is 14.5. The van der Waals surface area contributed by atoms with Gasteiger partial charge in [-0.2, -0.15) is 0 Å². The minimum atomic E-state index is -1.04. The number of nitrogens with zero attached hydrogens (tertiary/aromatic N) is 1. The number of hydrogen-bond acceptors (Lipinski definition) is 7. The van der Waals surface area contributed by atoms with Crippen molar-refractivity contribution in [3.05, 3.63) is 36.1 Å². The summed E-state index contributed by atoms with van der Waals surface area (Å²) >= 11 is 0. The fourth-order valence-electron chi connectivity index (χ4n) is 6.98. The van der Waals surface area contributed by atoms with Crippen LogP contribution in [-0.2, 0) is 14.3 Å². The van der Waals surface area contributed by atoms with Crippen molar-refractivity contribution < 1.29 is 33.0 Å². The summed E-state index contributed by atoms with van der Waals surface area (Å²) in [4.78, 5) is 32.5. The van der Waals surface area contributed by atoms with Crippen LogP contribution in [0.1, 0.15) is 101 Å². The lowest BCUT2D eigenvalue weighted by atomic mass is 9.77. The minimum absolute atomic E-state index is 0.0174. The second-order valence-corrected chi connectivity index (χ2v) is 13.4. The molecule has 4 fully saturated rings. The first-order valence-electron chi connectivity index (χ1n) is 17.6. The number of carboxylic acid groups (broad SMARTS) is 1. The summed E-state index contributed by atoms with van der Waals surface area (Å²) < 4.78 is 22.3. The molecule has 10 heteroatoms. The number of nitrogens with one attached hydrogen (secondary N) is 1. The number of aromatic carboxylic acids is 1. The summed E-state index contributed by atoms with van der Waals surface area (Å²) in [7, 11) is 3.85. The number of benzene rings is 1. The average Bonchev–Trinajstić information content (AvgIpc) is 3.86. The van der Waals surface area contributed by atoms with Crippen molar-refractivity contribution in [3.8, 4) is 0 Å². The highest BCUT2D eigenvalue weighted by Crippen LogP contribution is 2.38. The summed E-state index contributed by atoms with van der Waals surface area (Å²) in [6.07, 6.45) is 17.3. The molecule has 6 rings (SSSR count). The fourth-order valence-corrected chi connectivity index (χ4v) is 6.98. The molecule has 2 aliphatic carbocycles. The Bertz CT molecular complexity index is 1110. The molecule has 2 saturated heterocycles. The maximum Gasteiger partial charge on any atom is 0.371 e. The largest absolute Gasteiger partial charge is 0.475 e. The zero-order valence-electron chi connectivity index (χ0n) is 29.1. The number of rotatable bonds is 6. The molecule has 1 amide bonds. The van der Waals surface area contributed by atoms with E-state index in [0.717, 1.165) is 61.8 Å². The van der Waals surface area contributed by atoms with Gasteiger partial charge >= 0.3 is 5.97 Å². The first kappa shape index (κ1) is 40.4. The minimum Gasteiger partial charge on any atom is -0.475 e. The van der Waals surface area contributed by atoms with Crippen molar-refractivity contribution in [3.63, 3.8) is 0 Å². The molecule has 3 unspecified atom stereocenters. The Labute approximate surface area is 281 Å². The Morgan fingerprint density at radius 1 is 1.04 bits per heavy atom. The number of halogens is 1. The third-order valence-electron chi connectivity index (χ3n) is 10.1. The van der Waals surface area contributed by atoms with E-state index in [2.05, 4.69) is 31.1 Å². The molecule has 3 heterocycles. The van der Waals surface area contributed by atoms with Gasteiger partial charge in [-0.25, -0.2) is 9.18 Å². The number of para-hydroxylation sites is 1. The van der Waals surface area contributed by atoms with Crippen LogP contribution in [0.4, 0.5) is 4.39 Å². The first-order valence-corrected chi connectivity index (χ1v) is 17.6. The number of hydrogen-bond donors (Lipinski definition) is 3. The number of furan rings is 1. The van der Waals surface area contributed by atoms with Crippen molar-refractivity contribution in [2.45, 2.75) is 109 Å². The lowest BCUT2D eigenvalue weighted by Crippen LogP contribution is -2.34. The number of ether oxygens (including phenoxy) is 1. The van der Waals surface area contributed by atoms with Crippen LogP contribution in [-0.4, -0.2) is 80.8 Å². The van der Waals surface area contributed by atoms with E-state index >= 15 is 0 Å². The number of fused-ring (bicyclic) bond motifs is 1. The summed E-state index contributed by atoms with van der Waals surface area (Å²) in [5.74, 6) is 1.53. The Morgan fingerprint density at radius 2 is 1.70 bits per heavy atom. The van der Waals surface area contributed by atoms with Gasteiger partial charge < -0.3 is 35.0 Å². The van der Waals surface area contributed by atoms with E-state index in [4.69, 9.17) is 24.8 Å². The lowest BCUT2D eigenvalue weighted by Gasteiger charge is -2.31. The van der Waals surface area contributed by atoms with Crippen LogP contribution in [0.2, 0.25) is 0 Å². The Hall–Kier alpha value is -2.82. The molecule has 4 atom stereocenters. The van der Waals surface area contributed by atoms with E-state index in [-0.39, 0.29) is 17.7 Å². The second kappa shape index (κ2) is 22.7. The molecule has 4 aliphatic rings. The van der Waals surface area contributed by atoms with Gasteiger partial charge in [0.25, 0.3) is 0 Å². The Morgan fingerprint density at radius 3 is 2.15 bits per heavy atom. The first-order chi connectivity index (χ1) is 22.6. The van der Waals surface area contributed by atoms with E-state index in [1.165, 1.54) is 64.0 Å². The lowest BCUT2D eigenvalue weighted by molar-refractivity contribution is -0.112. The van der Waals surface area contributed by atoms with Gasteiger partial charge in [-0.1, -0.05) is 50.3 Å². The van der Waals surface area contributed by atoms with E-state index in [0.29, 0.717) is 24.0 Å². The maximum absolute atomic E-state index is 12.2. The highest BCUT2D eigenvalue weighted by Gasteiger charge is 2.34. The van der Waals surface area contributed by atoms with Crippen LogP contribution in [0, 0.1) is 23.7 Å². The third-order valence-corrected chi connectivity index (χ3v) is 10.1. The second-order valence-electron chi connectivity index (χ2n) is 13.4. The van der Waals surface area contributed by atoms with Crippen molar-refractivity contribution in [2.24, 2.45) is 29.4 Å². The number of aldehydes is 1. The van der Waals surface area contributed by atoms with Gasteiger partial charge in [0.2, 0.25) is 12.2 Å². The molecule has 2 saturated carbocycles. The zero-order valence-corrected chi connectivity index (χ0v) is 29.1. The molecule has 4 N–H and O–H groups in total. The van der Waals surface area contributed by atoms with Gasteiger partial charge in [0, 0.05) is 37.0 Å². The molecule has 0 radical (unpaired) electrons. The fraction of sp³-hybridized carbons (Fsp3) is 0.703. The van der Waals surface area contributed by atoms with Crippen LogP contribution < -0.4 is 11.1 Å². The molecule has 1 aromatic heterocycles. The summed E-state index contributed by atoms with van der Waals surface area (Å²) in [6.45, 7) is 6.43. The number of carbonyl (C=O) groups is 3. The van der Waals surface area contributed by atoms with E-state index in [9.17, 15) is 14.0 Å². The maximum atomic E-state index is 12.2. The number of likely N-dealkylation sites (tertiary alicyclic amines) is 1. The van der Waals surface area contributed by atoms with Gasteiger partial charge in [0.05, 0.1) is 6.10 Å². The van der Waals surface area contributed by atoms with E-state index < -0.39 is 12.6 Å². The van der Waals surface area contributed by atoms with Crippen LogP contribution in [0.25, 0.3) is 11.0 Å². The summed E-state index contributed by atoms with van der Waals surface area (Å²) in [5.41, 5.74) is 6.18. The Balaban J connectivity index is 0.000000215. The van der Waals surface area contributed by atoms with Crippen LogP contribution in [0.5, 0.6) is 0 Å². The molecule has 1 aromatic carbocycles. The summed E-state index contributed by atoms with van der Waals surface area (Å²) in [6, 6.07) is 9.24. The smallest absolute Gasteiger partial charge is 0.371 e.